The summed E-state index contributed by atoms with van der Waals surface area (Å²) >= 11 is 0. The Bertz CT molecular complexity index is 341. The normalized spacial score (nSPS) is 27.1. The zero-order chi connectivity index (χ0) is 9.42. The van der Waals surface area contributed by atoms with Gasteiger partial charge in [0.05, 0.1) is 0 Å². The number of ketones is 1. The van der Waals surface area contributed by atoms with Crippen molar-refractivity contribution in [2.75, 3.05) is 0 Å². The third-order valence-corrected chi connectivity index (χ3v) is 3.11. The third kappa shape index (κ3) is 1.28. The first-order valence-electron chi connectivity index (χ1n) is 4.82. The van der Waals surface area contributed by atoms with Gasteiger partial charge in [0.2, 0.25) is 0 Å². The van der Waals surface area contributed by atoms with Crippen molar-refractivity contribution >= 4 is 5.78 Å². The van der Waals surface area contributed by atoms with Crippen molar-refractivity contribution in [3.8, 4) is 0 Å². The van der Waals surface area contributed by atoms with Crippen LogP contribution in [0.3, 0.4) is 0 Å². The Kier molecular flexibility index (Phi) is 1.95. The smallest absolute Gasteiger partial charge is 0.163 e. The van der Waals surface area contributed by atoms with E-state index in [0.29, 0.717) is 24.0 Å². The number of benzene rings is 1. The highest BCUT2D eigenvalue weighted by Crippen LogP contribution is 2.34. The van der Waals surface area contributed by atoms with Crippen LogP contribution in [0.25, 0.3) is 0 Å². The molecule has 0 saturated carbocycles. The summed E-state index contributed by atoms with van der Waals surface area (Å²) in [6, 6.07) is 7.98. The predicted molar refractivity (Wildman–Crippen MR) is 53.0 cm³/mol. The molecule has 0 amide bonds. The molecule has 0 fully saturated rings. The Balaban J connectivity index is 2.53. The van der Waals surface area contributed by atoms with Gasteiger partial charge in [0.1, 0.15) is 0 Å². The lowest BCUT2D eigenvalue weighted by molar-refractivity contribution is 0.0944. The average molecular weight is 174 g/mol. The molecule has 0 saturated heterocycles. The molecular weight excluding hydrogens is 160 g/mol. The van der Waals surface area contributed by atoms with E-state index in [1.807, 2.05) is 18.2 Å². The van der Waals surface area contributed by atoms with Crippen molar-refractivity contribution in [3.63, 3.8) is 0 Å². The highest BCUT2D eigenvalue weighted by molar-refractivity contribution is 5.98. The molecular formula is C12H14O. The standard InChI is InChI=1S/C12H14O/c1-8-7-12(13)11-6-4-3-5-10(11)9(8)2/h3-6,8-9H,7H2,1-2H3/t8-,9+/m1/s1. The molecule has 13 heavy (non-hydrogen) atoms. The summed E-state index contributed by atoms with van der Waals surface area (Å²) in [5.74, 6) is 1.32. The summed E-state index contributed by atoms with van der Waals surface area (Å²) in [4.78, 5) is 11.6. The summed E-state index contributed by atoms with van der Waals surface area (Å²) in [7, 11) is 0. The predicted octanol–water partition coefficient (Wildman–Crippen LogP) is 3.01. The maximum atomic E-state index is 11.6. The molecule has 1 aromatic carbocycles. The van der Waals surface area contributed by atoms with Crippen molar-refractivity contribution < 1.29 is 4.79 Å². The maximum absolute atomic E-state index is 11.6. The third-order valence-electron chi connectivity index (χ3n) is 3.11. The second-order valence-electron chi connectivity index (χ2n) is 3.98. The van der Waals surface area contributed by atoms with Crippen LogP contribution in [-0.4, -0.2) is 5.78 Å². The van der Waals surface area contributed by atoms with Crippen molar-refractivity contribution in [1.29, 1.82) is 0 Å². The van der Waals surface area contributed by atoms with Crippen molar-refractivity contribution in [2.24, 2.45) is 5.92 Å². The quantitative estimate of drug-likeness (QED) is 0.591. The summed E-state index contributed by atoms with van der Waals surface area (Å²) in [6.07, 6.45) is 0.707. The molecule has 0 spiro atoms. The fourth-order valence-electron chi connectivity index (χ4n) is 2.03. The fourth-order valence-corrected chi connectivity index (χ4v) is 2.03. The van der Waals surface area contributed by atoms with Gasteiger partial charge in [-0.25, -0.2) is 0 Å². The largest absolute Gasteiger partial charge is 0.294 e. The average Bonchev–Trinajstić information content (AvgIpc) is 2.15. The first kappa shape index (κ1) is 8.49. The van der Waals surface area contributed by atoms with Crippen LogP contribution in [0, 0.1) is 5.92 Å². The van der Waals surface area contributed by atoms with Gasteiger partial charge in [-0.2, -0.15) is 0 Å². The van der Waals surface area contributed by atoms with Gasteiger partial charge in [-0.05, 0) is 17.4 Å². The minimum Gasteiger partial charge on any atom is -0.294 e. The number of hydrogen-bond acceptors (Lipinski definition) is 1. The second-order valence-corrected chi connectivity index (χ2v) is 3.98. The molecule has 0 aliphatic heterocycles. The number of Topliss-reactive ketones (excluding diaryl/α,β-unsaturated/α-hetero) is 1. The van der Waals surface area contributed by atoms with E-state index in [1.165, 1.54) is 5.56 Å². The lowest BCUT2D eigenvalue weighted by atomic mass is 9.76. The molecule has 2 atom stereocenters. The van der Waals surface area contributed by atoms with Crippen LogP contribution >= 0.6 is 0 Å². The summed E-state index contributed by atoms with van der Waals surface area (Å²) in [6.45, 7) is 4.36. The van der Waals surface area contributed by atoms with E-state index in [4.69, 9.17) is 0 Å². The van der Waals surface area contributed by atoms with Gasteiger partial charge in [-0.15, -0.1) is 0 Å². The number of rotatable bonds is 0. The summed E-state index contributed by atoms with van der Waals surface area (Å²) < 4.78 is 0. The molecule has 0 bridgehead atoms. The van der Waals surface area contributed by atoms with Gasteiger partial charge in [-0.1, -0.05) is 38.1 Å². The van der Waals surface area contributed by atoms with Crippen LogP contribution in [0.1, 0.15) is 42.1 Å². The van der Waals surface area contributed by atoms with E-state index in [2.05, 4.69) is 19.9 Å². The Labute approximate surface area is 78.8 Å². The highest BCUT2D eigenvalue weighted by Gasteiger charge is 2.27. The van der Waals surface area contributed by atoms with E-state index in [9.17, 15) is 4.79 Å². The Hall–Kier alpha value is -1.11. The van der Waals surface area contributed by atoms with Crippen LogP contribution < -0.4 is 0 Å². The topological polar surface area (TPSA) is 17.1 Å². The first-order chi connectivity index (χ1) is 6.20. The minimum atomic E-state index is 0.307. The molecule has 1 aliphatic carbocycles. The Morgan fingerprint density at radius 2 is 1.92 bits per heavy atom. The molecule has 1 aliphatic rings. The van der Waals surface area contributed by atoms with E-state index >= 15 is 0 Å². The molecule has 0 heterocycles. The molecule has 0 aromatic heterocycles. The number of carbonyl (C=O) groups excluding carboxylic acids is 1. The molecule has 1 nitrogen and oxygen atoms in total. The Morgan fingerprint density at radius 1 is 1.23 bits per heavy atom. The van der Waals surface area contributed by atoms with E-state index in [0.717, 1.165) is 5.56 Å². The molecule has 1 heteroatoms. The summed E-state index contributed by atoms with van der Waals surface area (Å²) in [5, 5.41) is 0. The monoisotopic (exact) mass is 174 g/mol. The first-order valence-corrected chi connectivity index (χ1v) is 4.82. The minimum absolute atomic E-state index is 0.307. The maximum Gasteiger partial charge on any atom is 0.163 e. The summed E-state index contributed by atoms with van der Waals surface area (Å²) in [5.41, 5.74) is 2.17. The van der Waals surface area contributed by atoms with Crippen LogP contribution in [-0.2, 0) is 0 Å². The SMILES string of the molecule is C[C@@H]1CC(=O)c2ccccc2[C@H]1C. The van der Waals surface area contributed by atoms with Gasteiger partial charge in [0.15, 0.2) is 5.78 Å². The van der Waals surface area contributed by atoms with Gasteiger partial charge in [0, 0.05) is 12.0 Å². The number of fused-ring (bicyclic) bond motifs is 1. The van der Waals surface area contributed by atoms with E-state index in [1.54, 1.807) is 0 Å². The van der Waals surface area contributed by atoms with Crippen molar-refractivity contribution in [2.45, 2.75) is 26.2 Å². The van der Waals surface area contributed by atoms with E-state index < -0.39 is 0 Å². The molecule has 68 valence electrons. The van der Waals surface area contributed by atoms with Crippen LogP contribution in [0.4, 0.5) is 0 Å². The molecule has 0 N–H and O–H groups in total. The lowest BCUT2D eigenvalue weighted by Crippen LogP contribution is -2.21. The number of hydrogen-bond donors (Lipinski definition) is 0. The lowest BCUT2D eigenvalue weighted by Gasteiger charge is -2.27. The zero-order valence-corrected chi connectivity index (χ0v) is 8.08. The highest BCUT2D eigenvalue weighted by atomic mass is 16.1. The van der Waals surface area contributed by atoms with E-state index in [-0.39, 0.29) is 0 Å². The zero-order valence-electron chi connectivity index (χ0n) is 8.08. The molecule has 0 unspecified atom stereocenters. The van der Waals surface area contributed by atoms with Crippen LogP contribution in [0.15, 0.2) is 24.3 Å². The van der Waals surface area contributed by atoms with Crippen LogP contribution in [0.2, 0.25) is 0 Å². The molecule has 1 aromatic rings. The van der Waals surface area contributed by atoms with Crippen LogP contribution in [0.5, 0.6) is 0 Å². The van der Waals surface area contributed by atoms with Crippen molar-refractivity contribution in [1.82, 2.24) is 0 Å². The molecule has 0 radical (unpaired) electrons. The van der Waals surface area contributed by atoms with Gasteiger partial charge in [0.25, 0.3) is 0 Å². The van der Waals surface area contributed by atoms with Gasteiger partial charge >= 0.3 is 0 Å². The van der Waals surface area contributed by atoms with Gasteiger partial charge < -0.3 is 0 Å². The van der Waals surface area contributed by atoms with Crippen molar-refractivity contribution in [3.05, 3.63) is 35.4 Å². The van der Waals surface area contributed by atoms with Gasteiger partial charge in [-0.3, -0.25) is 4.79 Å². The fraction of sp³-hybridized carbons (Fsp3) is 0.417. The number of carbonyl (C=O) groups is 1. The molecule has 2 rings (SSSR count). The Morgan fingerprint density at radius 3 is 2.69 bits per heavy atom. The second kappa shape index (κ2) is 2.99.